The first kappa shape index (κ1) is 24.5. The molecule has 0 heterocycles. The number of nitrogens with one attached hydrogen (secondary N) is 2. The van der Waals surface area contributed by atoms with Gasteiger partial charge in [-0.05, 0) is 23.6 Å². The largest absolute Gasteiger partial charge is 0.480 e. The van der Waals surface area contributed by atoms with Crippen LogP contribution in [0.15, 0.2) is 84.9 Å². The number of rotatable bonds is 10. The van der Waals surface area contributed by atoms with Crippen LogP contribution in [0.2, 0.25) is 0 Å². The molecule has 176 valence electrons. The van der Waals surface area contributed by atoms with Crippen LogP contribution in [0.25, 0.3) is 0 Å². The van der Waals surface area contributed by atoms with Gasteiger partial charge in [0.2, 0.25) is 5.91 Å². The number of hydrogen-bond donors (Lipinski definition) is 3. The van der Waals surface area contributed by atoms with E-state index in [0.717, 1.165) is 22.3 Å². The van der Waals surface area contributed by atoms with Crippen molar-refractivity contribution in [1.82, 2.24) is 10.6 Å². The Morgan fingerprint density at radius 1 is 0.765 bits per heavy atom. The van der Waals surface area contributed by atoms with Gasteiger partial charge in [-0.15, -0.1) is 0 Å². The Morgan fingerprint density at radius 3 is 1.97 bits per heavy atom. The molecule has 0 aliphatic carbocycles. The molecule has 34 heavy (non-hydrogen) atoms. The number of alkyl carbamates (subject to hydrolysis) is 1. The van der Waals surface area contributed by atoms with Gasteiger partial charge < -0.3 is 20.5 Å². The zero-order valence-electron chi connectivity index (χ0n) is 18.9. The SMILES string of the molecule is Cc1cccc(C[C@@H](NC(=O)[C@@H](Cc2ccccc2)NC(=O)OCc2ccccc2)C(=O)O)c1. The van der Waals surface area contributed by atoms with E-state index in [-0.39, 0.29) is 19.4 Å². The Bertz CT molecular complexity index is 1100. The lowest BCUT2D eigenvalue weighted by Crippen LogP contribution is -2.53. The normalized spacial score (nSPS) is 12.3. The zero-order valence-corrected chi connectivity index (χ0v) is 18.9. The number of carbonyl (C=O) groups is 3. The molecule has 0 radical (unpaired) electrons. The standard InChI is InChI=1S/C27H28N2O5/c1-19-9-8-14-22(15-19)17-24(26(31)32)28-25(30)23(16-20-10-4-2-5-11-20)29-27(33)34-18-21-12-6-3-7-13-21/h2-15,23-24H,16-18H2,1H3,(H,28,30)(H,29,33)(H,31,32)/t23-,24-/m1/s1. The summed E-state index contributed by atoms with van der Waals surface area (Å²) in [4.78, 5) is 37.4. The van der Waals surface area contributed by atoms with Crippen LogP contribution in [0.5, 0.6) is 0 Å². The predicted octanol–water partition coefficient (Wildman–Crippen LogP) is 3.64. The molecular weight excluding hydrogens is 432 g/mol. The van der Waals surface area contributed by atoms with Crippen LogP contribution in [-0.4, -0.2) is 35.2 Å². The summed E-state index contributed by atoms with van der Waals surface area (Å²) in [5.74, 6) is -1.75. The maximum atomic E-state index is 13.1. The molecule has 0 aromatic heterocycles. The van der Waals surface area contributed by atoms with Crippen molar-refractivity contribution < 1.29 is 24.2 Å². The summed E-state index contributed by atoms with van der Waals surface area (Å²) in [6, 6.07) is 23.6. The number of aliphatic carboxylic acids is 1. The van der Waals surface area contributed by atoms with Gasteiger partial charge in [0, 0.05) is 12.8 Å². The lowest BCUT2D eigenvalue weighted by molar-refractivity contribution is -0.142. The van der Waals surface area contributed by atoms with E-state index in [2.05, 4.69) is 10.6 Å². The summed E-state index contributed by atoms with van der Waals surface area (Å²) in [7, 11) is 0. The highest BCUT2D eigenvalue weighted by atomic mass is 16.5. The van der Waals surface area contributed by atoms with Crippen molar-refractivity contribution in [2.24, 2.45) is 0 Å². The summed E-state index contributed by atoms with van der Waals surface area (Å²) in [6.45, 7) is 1.97. The third-order valence-corrected chi connectivity index (χ3v) is 5.24. The van der Waals surface area contributed by atoms with Crippen LogP contribution >= 0.6 is 0 Å². The van der Waals surface area contributed by atoms with E-state index in [4.69, 9.17) is 4.74 Å². The van der Waals surface area contributed by atoms with Gasteiger partial charge in [-0.3, -0.25) is 4.79 Å². The fourth-order valence-electron chi connectivity index (χ4n) is 3.51. The first-order valence-electron chi connectivity index (χ1n) is 11.0. The van der Waals surface area contributed by atoms with Crippen molar-refractivity contribution in [3.8, 4) is 0 Å². The Labute approximate surface area is 198 Å². The van der Waals surface area contributed by atoms with Crippen LogP contribution < -0.4 is 10.6 Å². The molecule has 0 aliphatic rings. The molecule has 3 aromatic rings. The Morgan fingerprint density at radius 2 is 1.35 bits per heavy atom. The molecule has 7 heteroatoms. The molecule has 2 amide bonds. The first-order chi connectivity index (χ1) is 16.4. The molecule has 0 fully saturated rings. The number of ether oxygens (including phenoxy) is 1. The van der Waals surface area contributed by atoms with E-state index in [0.29, 0.717) is 0 Å². The quantitative estimate of drug-likeness (QED) is 0.428. The zero-order chi connectivity index (χ0) is 24.3. The number of benzene rings is 3. The number of carbonyl (C=O) groups excluding carboxylic acids is 2. The lowest BCUT2D eigenvalue weighted by atomic mass is 10.0. The van der Waals surface area contributed by atoms with Crippen LogP contribution in [0.1, 0.15) is 22.3 Å². The van der Waals surface area contributed by atoms with Crippen molar-refractivity contribution >= 4 is 18.0 Å². The van der Waals surface area contributed by atoms with Gasteiger partial charge in [0.1, 0.15) is 18.7 Å². The molecule has 3 N–H and O–H groups in total. The van der Waals surface area contributed by atoms with Crippen molar-refractivity contribution in [2.45, 2.75) is 38.5 Å². The minimum Gasteiger partial charge on any atom is -0.480 e. The Kier molecular flexibility index (Phi) is 8.80. The van der Waals surface area contributed by atoms with Gasteiger partial charge >= 0.3 is 12.1 Å². The lowest BCUT2D eigenvalue weighted by Gasteiger charge is -2.22. The smallest absolute Gasteiger partial charge is 0.408 e. The average molecular weight is 461 g/mol. The van der Waals surface area contributed by atoms with E-state index in [1.807, 2.05) is 91.9 Å². The van der Waals surface area contributed by atoms with Crippen LogP contribution in [0.4, 0.5) is 4.79 Å². The molecular formula is C27H28N2O5. The number of hydrogen-bond acceptors (Lipinski definition) is 4. The van der Waals surface area contributed by atoms with Crippen LogP contribution in [0, 0.1) is 6.92 Å². The van der Waals surface area contributed by atoms with Gasteiger partial charge in [-0.2, -0.15) is 0 Å². The number of amides is 2. The Hall–Kier alpha value is -4.13. The van der Waals surface area contributed by atoms with Crippen molar-refractivity contribution in [1.29, 1.82) is 0 Å². The summed E-state index contributed by atoms with van der Waals surface area (Å²) < 4.78 is 5.26. The van der Waals surface area contributed by atoms with Gasteiger partial charge in [0.15, 0.2) is 0 Å². The highest BCUT2D eigenvalue weighted by molar-refractivity contribution is 5.89. The maximum Gasteiger partial charge on any atom is 0.408 e. The average Bonchev–Trinajstić information content (AvgIpc) is 2.83. The highest BCUT2D eigenvalue weighted by Crippen LogP contribution is 2.09. The second-order valence-electron chi connectivity index (χ2n) is 8.04. The summed E-state index contributed by atoms with van der Waals surface area (Å²) in [5, 5.41) is 14.9. The minimum absolute atomic E-state index is 0.0530. The van der Waals surface area contributed by atoms with Crippen LogP contribution in [-0.2, 0) is 33.8 Å². The fourth-order valence-corrected chi connectivity index (χ4v) is 3.51. The fraction of sp³-hybridized carbons (Fsp3) is 0.222. The van der Waals surface area contributed by atoms with E-state index in [9.17, 15) is 19.5 Å². The molecule has 7 nitrogen and oxygen atoms in total. The molecule has 0 aliphatic heterocycles. The predicted molar refractivity (Wildman–Crippen MR) is 128 cm³/mol. The summed E-state index contributed by atoms with van der Waals surface area (Å²) in [6.07, 6.45) is -0.450. The van der Waals surface area contributed by atoms with E-state index in [1.54, 1.807) is 0 Å². The third kappa shape index (κ3) is 7.78. The Balaban J connectivity index is 1.69. The molecule has 2 atom stereocenters. The first-order valence-corrected chi connectivity index (χ1v) is 11.0. The van der Waals surface area contributed by atoms with Crippen molar-refractivity contribution in [2.75, 3.05) is 0 Å². The number of aryl methyl sites for hydroxylation is 1. The van der Waals surface area contributed by atoms with Gasteiger partial charge in [0.05, 0.1) is 0 Å². The van der Waals surface area contributed by atoms with Gasteiger partial charge in [0.25, 0.3) is 0 Å². The molecule has 0 saturated heterocycles. The van der Waals surface area contributed by atoms with E-state index < -0.39 is 30.1 Å². The van der Waals surface area contributed by atoms with Crippen molar-refractivity contribution in [3.63, 3.8) is 0 Å². The summed E-state index contributed by atoms with van der Waals surface area (Å²) >= 11 is 0. The topological polar surface area (TPSA) is 105 Å². The van der Waals surface area contributed by atoms with Gasteiger partial charge in [-0.1, -0.05) is 90.5 Å². The second-order valence-corrected chi connectivity index (χ2v) is 8.04. The molecule has 0 spiro atoms. The summed E-state index contributed by atoms with van der Waals surface area (Å²) in [5.41, 5.74) is 3.42. The highest BCUT2D eigenvalue weighted by Gasteiger charge is 2.27. The monoisotopic (exact) mass is 460 g/mol. The van der Waals surface area contributed by atoms with E-state index in [1.165, 1.54) is 0 Å². The second kappa shape index (κ2) is 12.2. The molecule has 0 bridgehead atoms. The third-order valence-electron chi connectivity index (χ3n) is 5.24. The van der Waals surface area contributed by atoms with Crippen LogP contribution in [0.3, 0.4) is 0 Å². The number of carboxylic acid groups (broad SMARTS) is 1. The molecule has 0 saturated carbocycles. The maximum absolute atomic E-state index is 13.1. The van der Waals surface area contributed by atoms with Gasteiger partial charge in [-0.25, -0.2) is 9.59 Å². The minimum atomic E-state index is -1.15. The van der Waals surface area contributed by atoms with E-state index >= 15 is 0 Å². The number of carboxylic acids is 1. The molecule has 3 rings (SSSR count). The molecule has 0 unspecified atom stereocenters. The molecule has 3 aromatic carbocycles. The van der Waals surface area contributed by atoms with Crippen molar-refractivity contribution in [3.05, 3.63) is 107 Å².